The van der Waals surface area contributed by atoms with Crippen molar-refractivity contribution in [3.8, 4) is 0 Å². The first kappa shape index (κ1) is 19.0. The molecule has 2 aliphatic heterocycles. The van der Waals surface area contributed by atoms with Crippen molar-refractivity contribution in [2.75, 3.05) is 11.9 Å². The van der Waals surface area contributed by atoms with Gasteiger partial charge in [-0.15, -0.1) is 5.10 Å². The van der Waals surface area contributed by atoms with E-state index in [1.54, 1.807) is 38.1 Å². The summed E-state index contributed by atoms with van der Waals surface area (Å²) in [6.07, 6.45) is -0.909. The third-order valence-corrected chi connectivity index (χ3v) is 5.08. The predicted octanol–water partition coefficient (Wildman–Crippen LogP) is 0.883. The molecule has 3 aromatic rings. The fourth-order valence-electron chi connectivity index (χ4n) is 3.80. The molecule has 1 amide bonds. The number of carbonyl (C=O) groups is 1. The highest BCUT2D eigenvalue weighted by molar-refractivity contribution is 6.06. The second-order valence-electron chi connectivity index (χ2n) is 7.56. The van der Waals surface area contributed by atoms with E-state index in [0.29, 0.717) is 16.7 Å². The molecule has 0 bridgehead atoms. The minimum atomic E-state index is -0.815. The van der Waals surface area contributed by atoms with E-state index in [1.165, 1.54) is 11.0 Å². The maximum absolute atomic E-state index is 12.5. The van der Waals surface area contributed by atoms with Crippen LogP contribution in [0.3, 0.4) is 0 Å². The maximum Gasteiger partial charge on any atom is 0.256 e. The molecule has 11 nitrogen and oxygen atoms in total. The lowest BCUT2D eigenvalue weighted by Gasteiger charge is -2.23. The van der Waals surface area contributed by atoms with Crippen LogP contribution in [0, 0.1) is 0 Å². The number of carbonyl (C=O) groups excluding carboxylic acids is 1. The normalized spacial score (nSPS) is 27.3. The van der Waals surface area contributed by atoms with Crippen molar-refractivity contribution in [2.45, 2.75) is 44.2 Å². The first-order chi connectivity index (χ1) is 14.5. The smallest absolute Gasteiger partial charge is 0.256 e. The van der Waals surface area contributed by atoms with Crippen LogP contribution in [-0.2, 0) is 14.2 Å². The second-order valence-corrected chi connectivity index (χ2v) is 7.56. The molecule has 5 rings (SSSR count). The highest BCUT2D eigenvalue weighted by atomic mass is 16.8. The Balaban J connectivity index is 1.47. The lowest BCUT2D eigenvalue weighted by atomic mass is 10.1. The third kappa shape index (κ3) is 3.12. The number of rotatable bonds is 4. The van der Waals surface area contributed by atoms with Gasteiger partial charge in [-0.25, -0.2) is 9.97 Å². The summed E-state index contributed by atoms with van der Waals surface area (Å²) in [5.74, 6) is -0.903. The van der Waals surface area contributed by atoms with E-state index < -0.39 is 30.3 Å². The molecule has 4 atom stereocenters. The van der Waals surface area contributed by atoms with Crippen LogP contribution in [0.5, 0.6) is 0 Å². The van der Waals surface area contributed by atoms with Crippen molar-refractivity contribution in [1.29, 1.82) is 0 Å². The zero-order valence-electron chi connectivity index (χ0n) is 16.3. The number of ether oxygens (including phenoxy) is 3. The minimum absolute atomic E-state index is 0.225. The largest absolute Gasteiger partial charge is 0.394 e. The van der Waals surface area contributed by atoms with Gasteiger partial charge in [0.2, 0.25) is 0 Å². The molecule has 0 radical (unpaired) electrons. The van der Waals surface area contributed by atoms with Crippen LogP contribution in [0.4, 0.5) is 5.82 Å². The van der Waals surface area contributed by atoms with Gasteiger partial charge >= 0.3 is 0 Å². The summed E-state index contributed by atoms with van der Waals surface area (Å²) in [4.78, 5) is 20.9. The molecule has 2 fully saturated rings. The van der Waals surface area contributed by atoms with Crippen molar-refractivity contribution in [3.63, 3.8) is 0 Å². The number of hydrogen-bond acceptors (Lipinski definition) is 9. The van der Waals surface area contributed by atoms with Crippen molar-refractivity contribution < 1.29 is 24.1 Å². The molecule has 0 saturated carbocycles. The summed E-state index contributed by atoms with van der Waals surface area (Å²) in [7, 11) is 0. The van der Waals surface area contributed by atoms with E-state index in [1.807, 2.05) is 6.07 Å². The molecule has 30 heavy (non-hydrogen) atoms. The fraction of sp³-hybridized carbons (Fsp3) is 0.421. The van der Waals surface area contributed by atoms with Gasteiger partial charge in [-0.2, -0.15) is 4.68 Å². The average Bonchev–Trinajstić information content (AvgIpc) is 3.39. The van der Waals surface area contributed by atoms with Crippen LogP contribution < -0.4 is 5.32 Å². The quantitative estimate of drug-likeness (QED) is 0.640. The number of aromatic nitrogens is 5. The van der Waals surface area contributed by atoms with Gasteiger partial charge in [0.1, 0.15) is 24.6 Å². The predicted molar refractivity (Wildman–Crippen MR) is 102 cm³/mol. The van der Waals surface area contributed by atoms with Crippen LogP contribution in [-0.4, -0.2) is 66.7 Å². The van der Waals surface area contributed by atoms with E-state index in [4.69, 9.17) is 14.2 Å². The molecule has 0 spiro atoms. The zero-order chi connectivity index (χ0) is 20.9. The number of fused-ring (bicyclic) bond motifs is 2. The van der Waals surface area contributed by atoms with Crippen LogP contribution in [0.1, 0.15) is 30.4 Å². The lowest BCUT2D eigenvalue weighted by molar-refractivity contribution is -0.201. The molecular formula is C19H20N6O5. The van der Waals surface area contributed by atoms with Crippen LogP contribution in [0.2, 0.25) is 0 Å². The van der Waals surface area contributed by atoms with Crippen molar-refractivity contribution in [2.24, 2.45) is 0 Å². The van der Waals surface area contributed by atoms with Gasteiger partial charge in [0, 0.05) is 5.56 Å². The number of amides is 1. The monoisotopic (exact) mass is 412 g/mol. The van der Waals surface area contributed by atoms with Gasteiger partial charge in [-0.3, -0.25) is 4.79 Å². The number of hydrogen-bond donors (Lipinski definition) is 2. The Morgan fingerprint density at radius 3 is 2.73 bits per heavy atom. The van der Waals surface area contributed by atoms with Crippen LogP contribution in [0.25, 0.3) is 11.2 Å². The van der Waals surface area contributed by atoms with Crippen molar-refractivity contribution in [1.82, 2.24) is 25.0 Å². The first-order valence-corrected chi connectivity index (χ1v) is 9.51. The number of aliphatic hydroxyl groups excluding tert-OH is 1. The molecule has 156 valence electrons. The highest BCUT2D eigenvalue weighted by Crippen LogP contribution is 2.43. The maximum atomic E-state index is 12.5. The van der Waals surface area contributed by atoms with E-state index in [9.17, 15) is 9.90 Å². The summed E-state index contributed by atoms with van der Waals surface area (Å²) >= 11 is 0. The van der Waals surface area contributed by atoms with E-state index in [-0.39, 0.29) is 18.3 Å². The van der Waals surface area contributed by atoms with Crippen LogP contribution in [0.15, 0.2) is 36.7 Å². The summed E-state index contributed by atoms with van der Waals surface area (Å²) in [6.45, 7) is 3.38. The molecule has 2 saturated heterocycles. The molecular weight excluding hydrogens is 392 g/mol. The second kappa shape index (κ2) is 7.06. The number of nitrogens with one attached hydrogen (secondary N) is 1. The Bertz CT molecular complexity index is 1090. The number of nitrogens with zero attached hydrogens (tertiary/aromatic N) is 5. The third-order valence-electron chi connectivity index (χ3n) is 5.08. The number of aliphatic hydroxyl groups is 1. The lowest BCUT2D eigenvalue weighted by Crippen LogP contribution is -2.31. The van der Waals surface area contributed by atoms with E-state index >= 15 is 0 Å². The Kier molecular flexibility index (Phi) is 4.47. The summed E-state index contributed by atoms with van der Waals surface area (Å²) < 4.78 is 19.3. The molecule has 4 heterocycles. The average molecular weight is 412 g/mol. The Morgan fingerprint density at radius 1 is 1.20 bits per heavy atom. The molecule has 2 aliphatic rings. The minimum Gasteiger partial charge on any atom is -0.394 e. The van der Waals surface area contributed by atoms with Gasteiger partial charge in [0.25, 0.3) is 5.91 Å². The molecule has 0 unspecified atom stereocenters. The molecule has 2 N–H and O–H groups in total. The number of benzene rings is 1. The van der Waals surface area contributed by atoms with Gasteiger partial charge in [-0.05, 0) is 26.0 Å². The molecule has 2 aromatic heterocycles. The topological polar surface area (TPSA) is 134 Å². The fourth-order valence-corrected chi connectivity index (χ4v) is 3.80. The van der Waals surface area contributed by atoms with Gasteiger partial charge in [0.15, 0.2) is 29.0 Å². The van der Waals surface area contributed by atoms with Gasteiger partial charge in [0.05, 0.1) is 6.61 Å². The summed E-state index contributed by atoms with van der Waals surface area (Å²) in [5, 5.41) is 20.7. The standard InChI is InChI=1S/C19H20N6O5/c1-19(2)29-13-11(8-26)28-18(14(13)30-19)25-16-12(23-24-25)15(20-9-21-16)22-17(27)10-6-4-3-5-7-10/h3-7,9,11,13-14,18,26H,8H2,1-2H3,(H,20,21,22,27)/t11-,13-,14-,18-/m1/s1. The van der Waals surface area contributed by atoms with E-state index in [0.717, 1.165) is 0 Å². The Labute approximate surface area is 171 Å². The summed E-state index contributed by atoms with van der Waals surface area (Å²) in [6, 6.07) is 8.78. The first-order valence-electron chi connectivity index (χ1n) is 9.51. The van der Waals surface area contributed by atoms with Gasteiger partial charge in [-0.1, -0.05) is 23.4 Å². The Morgan fingerprint density at radius 2 is 1.97 bits per heavy atom. The van der Waals surface area contributed by atoms with Gasteiger partial charge < -0.3 is 24.6 Å². The molecule has 1 aromatic carbocycles. The Hall–Kier alpha value is -2.99. The highest BCUT2D eigenvalue weighted by Gasteiger charge is 2.56. The zero-order valence-corrected chi connectivity index (χ0v) is 16.3. The number of anilines is 1. The SMILES string of the molecule is CC1(C)O[C@@H]2[C@H](O1)[C@@H](CO)O[C@H]2n1nnc2c(NC(=O)c3ccccc3)ncnc21. The summed E-state index contributed by atoms with van der Waals surface area (Å²) in [5.41, 5.74) is 1.17. The molecule has 0 aliphatic carbocycles. The molecule has 11 heteroatoms. The van der Waals surface area contributed by atoms with E-state index in [2.05, 4.69) is 25.6 Å². The van der Waals surface area contributed by atoms with Crippen molar-refractivity contribution in [3.05, 3.63) is 42.2 Å². The van der Waals surface area contributed by atoms with Crippen LogP contribution >= 0.6 is 0 Å². The van der Waals surface area contributed by atoms with Crippen molar-refractivity contribution >= 4 is 22.9 Å².